The summed E-state index contributed by atoms with van der Waals surface area (Å²) in [7, 11) is 0. The molecule has 0 unspecified atom stereocenters. The predicted octanol–water partition coefficient (Wildman–Crippen LogP) is 5.73. The van der Waals surface area contributed by atoms with Crippen LogP contribution in [0, 0.1) is 0 Å². The SMILES string of the molecule is CC(C)n1ncc2c(C(=O)Nc3ccccc3Cc3ccccc3)cc(C3CC3)nc21. The number of aromatic nitrogens is 3. The van der Waals surface area contributed by atoms with Crippen molar-refractivity contribution in [3.63, 3.8) is 0 Å². The number of para-hydroxylation sites is 1. The molecule has 4 aromatic rings. The van der Waals surface area contributed by atoms with Crippen molar-refractivity contribution < 1.29 is 4.79 Å². The number of amides is 1. The third-order valence-corrected chi connectivity index (χ3v) is 5.82. The highest BCUT2D eigenvalue weighted by atomic mass is 16.1. The largest absolute Gasteiger partial charge is 0.322 e. The maximum Gasteiger partial charge on any atom is 0.256 e. The Morgan fingerprint density at radius 2 is 1.84 bits per heavy atom. The van der Waals surface area contributed by atoms with Crippen LogP contribution in [0.4, 0.5) is 5.69 Å². The van der Waals surface area contributed by atoms with E-state index in [9.17, 15) is 4.79 Å². The Labute approximate surface area is 182 Å². The van der Waals surface area contributed by atoms with Gasteiger partial charge in [0, 0.05) is 23.3 Å². The molecule has 2 aromatic carbocycles. The van der Waals surface area contributed by atoms with Crippen LogP contribution in [0.5, 0.6) is 0 Å². The fourth-order valence-electron chi connectivity index (χ4n) is 3.99. The zero-order valence-electron chi connectivity index (χ0n) is 17.9. The van der Waals surface area contributed by atoms with Crippen molar-refractivity contribution >= 4 is 22.6 Å². The smallest absolute Gasteiger partial charge is 0.256 e. The van der Waals surface area contributed by atoms with E-state index >= 15 is 0 Å². The molecule has 156 valence electrons. The second-order valence-corrected chi connectivity index (χ2v) is 8.56. The van der Waals surface area contributed by atoms with Crippen LogP contribution in [0.25, 0.3) is 11.0 Å². The molecule has 1 fully saturated rings. The highest BCUT2D eigenvalue weighted by molar-refractivity contribution is 6.12. The number of rotatable bonds is 6. The van der Waals surface area contributed by atoms with Crippen LogP contribution >= 0.6 is 0 Å². The maximum atomic E-state index is 13.4. The van der Waals surface area contributed by atoms with Crippen LogP contribution in [0.2, 0.25) is 0 Å². The molecule has 5 heteroatoms. The van der Waals surface area contributed by atoms with Crippen LogP contribution in [0.3, 0.4) is 0 Å². The molecule has 1 aliphatic rings. The van der Waals surface area contributed by atoms with Crippen molar-refractivity contribution in [3.8, 4) is 0 Å². The Hall–Kier alpha value is -3.47. The van der Waals surface area contributed by atoms with Gasteiger partial charge in [-0.3, -0.25) is 4.79 Å². The average Bonchev–Trinajstić information content (AvgIpc) is 3.53. The van der Waals surface area contributed by atoms with Gasteiger partial charge in [0.2, 0.25) is 0 Å². The topological polar surface area (TPSA) is 59.8 Å². The van der Waals surface area contributed by atoms with E-state index in [4.69, 9.17) is 4.98 Å². The lowest BCUT2D eigenvalue weighted by atomic mass is 10.0. The summed E-state index contributed by atoms with van der Waals surface area (Å²) in [5, 5.41) is 8.48. The summed E-state index contributed by atoms with van der Waals surface area (Å²) >= 11 is 0. The molecule has 1 amide bonds. The van der Waals surface area contributed by atoms with Crippen LogP contribution in [0.1, 0.15) is 65.8 Å². The molecule has 0 saturated heterocycles. The molecule has 0 bridgehead atoms. The van der Waals surface area contributed by atoms with E-state index in [1.54, 1.807) is 6.20 Å². The molecule has 0 aliphatic heterocycles. The fourth-order valence-corrected chi connectivity index (χ4v) is 3.99. The van der Waals surface area contributed by atoms with Crippen molar-refractivity contribution in [1.29, 1.82) is 0 Å². The number of nitrogens with one attached hydrogen (secondary N) is 1. The lowest BCUT2D eigenvalue weighted by Gasteiger charge is -2.13. The third kappa shape index (κ3) is 3.96. The molecule has 0 radical (unpaired) electrons. The van der Waals surface area contributed by atoms with E-state index in [1.165, 1.54) is 5.56 Å². The number of carbonyl (C=O) groups is 1. The number of hydrogen-bond acceptors (Lipinski definition) is 3. The number of pyridine rings is 1. The Morgan fingerprint density at radius 1 is 1.10 bits per heavy atom. The summed E-state index contributed by atoms with van der Waals surface area (Å²) in [6.07, 6.45) is 4.80. The van der Waals surface area contributed by atoms with Gasteiger partial charge in [0.25, 0.3) is 5.91 Å². The summed E-state index contributed by atoms with van der Waals surface area (Å²) in [5.74, 6) is 0.343. The average molecular weight is 411 g/mol. The normalized spacial score (nSPS) is 13.6. The summed E-state index contributed by atoms with van der Waals surface area (Å²) in [6.45, 7) is 4.16. The summed E-state index contributed by atoms with van der Waals surface area (Å²) in [6, 6.07) is 20.4. The molecule has 2 heterocycles. The first kappa shape index (κ1) is 19.5. The van der Waals surface area contributed by atoms with Gasteiger partial charge in [-0.15, -0.1) is 0 Å². The van der Waals surface area contributed by atoms with Gasteiger partial charge < -0.3 is 5.32 Å². The molecule has 1 aliphatic carbocycles. The Morgan fingerprint density at radius 3 is 2.58 bits per heavy atom. The van der Waals surface area contributed by atoms with Gasteiger partial charge in [-0.1, -0.05) is 48.5 Å². The lowest BCUT2D eigenvalue weighted by Crippen LogP contribution is -2.15. The molecule has 1 saturated carbocycles. The van der Waals surface area contributed by atoms with Gasteiger partial charge in [-0.25, -0.2) is 9.67 Å². The van der Waals surface area contributed by atoms with E-state index in [0.717, 1.165) is 47.2 Å². The third-order valence-electron chi connectivity index (χ3n) is 5.82. The van der Waals surface area contributed by atoms with Crippen molar-refractivity contribution in [2.75, 3.05) is 5.32 Å². The van der Waals surface area contributed by atoms with Crippen LogP contribution < -0.4 is 5.32 Å². The molecule has 2 aromatic heterocycles. The molecular weight excluding hydrogens is 384 g/mol. The van der Waals surface area contributed by atoms with Gasteiger partial charge in [0.15, 0.2) is 5.65 Å². The number of anilines is 1. The highest BCUT2D eigenvalue weighted by Gasteiger charge is 2.28. The molecule has 5 rings (SSSR count). The van der Waals surface area contributed by atoms with E-state index in [0.29, 0.717) is 11.5 Å². The second kappa shape index (κ2) is 7.99. The molecular formula is C26H26N4O. The zero-order valence-corrected chi connectivity index (χ0v) is 17.9. The quantitative estimate of drug-likeness (QED) is 0.441. The molecule has 1 N–H and O–H groups in total. The van der Waals surface area contributed by atoms with E-state index in [1.807, 2.05) is 47.1 Å². The van der Waals surface area contributed by atoms with E-state index < -0.39 is 0 Å². The standard InChI is InChI=1S/C26H26N4O/c1-17(2)30-25-22(16-27-30)21(15-24(28-25)19-12-13-19)26(31)29-23-11-7-6-10-20(23)14-18-8-4-3-5-9-18/h3-11,15-17,19H,12-14H2,1-2H3,(H,29,31). The molecule has 31 heavy (non-hydrogen) atoms. The number of nitrogens with zero attached hydrogens (tertiary/aromatic N) is 3. The number of hydrogen-bond donors (Lipinski definition) is 1. The van der Waals surface area contributed by atoms with Crippen molar-refractivity contribution in [2.24, 2.45) is 0 Å². The minimum Gasteiger partial charge on any atom is -0.322 e. The number of fused-ring (bicyclic) bond motifs is 1. The summed E-state index contributed by atoms with van der Waals surface area (Å²) in [4.78, 5) is 18.3. The molecule has 0 atom stereocenters. The first-order chi connectivity index (χ1) is 15.1. The van der Waals surface area contributed by atoms with Gasteiger partial charge in [-0.2, -0.15) is 5.10 Å². The minimum absolute atomic E-state index is 0.113. The first-order valence-electron chi connectivity index (χ1n) is 10.9. The minimum atomic E-state index is -0.113. The molecule has 5 nitrogen and oxygen atoms in total. The monoisotopic (exact) mass is 410 g/mol. The number of benzene rings is 2. The van der Waals surface area contributed by atoms with Gasteiger partial charge in [0.05, 0.1) is 17.1 Å². The van der Waals surface area contributed by atoms with Gasteiger partial charge in [-0.05, 0) is 56.4 Å². The summed E-state index contributed by atoms with van der Waals surface area (Å²) in [5.41, 5.74) is 5.58. The van der Waals surface area contributed by atoms with E-state index in [2.05, 4.69) is 42.5 Å². The lowest BCUT2D eigenvalue weighted by molar-refractivity contribution is 0.102. The highest BCUT2D eigenvalue weighted by Crippen LogP contribution is 2.40. The van der Waals surface area contributed by atoms with Gasteiger partial charge >= 0.3 is 0 Å². The zero-order chi connectivity index (χ0) is 21.4. The predicted molar refractivity (Wildman–Crippen MR) is 124 cm³/mol. The Kier molecular flexibility index (Phi) is 5.02. The van der Waals surface area contributed by atoms with Gasteiger partial charge in [0.1, 0.15) is 0 Å². The Bertz CT molecular complexity index is 1240. The van der Waals surface area contributed by atoms with Crippen LogP contribution in [0.15, 0.2) is 66.9 Å². The number of carbonyl (C=O) groups excluding carboxylic acids is 1. The van der Waals surface area contributed by atoms with Crippen molar-refractivity contribution in [1.82, 2.24) is 14.8 Å². The summed E-state index contributed by atoms with van der Waals surface area (Å²) < 4.78 is 1.90. The maximum absolute atomic E-state index is 13.4. The fraction of sp³-hybridized carbons (Fsp3) is 0.269. The van der Waals surface area contributed by atoms with E-state index in [-0.39, 0.29) is 11.9 Å². The van der Waals surface area contributed by atoms with Crippen LogP contribution in [-0.2, 0) is 6.42 Å². The molecule has 0 spiro atoms. The van der Waals surface area contributed by atoms with Crippen molar-refractivity contribution in [2.45, 2.75) is 45.1 Å². The second-order valence-electron chi connectivity index (χ2n) is 8.56. The Balaban J connectivity index is 1.50. The van der Waals surface area contributed by atoms with Crippen LogP contribution in [-0.4, -0.2) is 20.7 Å². The van der Waals surface area contributed by atoms with Crippen molar-refractivity contribution in [3.05, 3.63) is 89.2 Å². The first-order valence-corrected chi connectivity index (χ1v) is 10.9.